The minimum Gasteiger partial charge on any atom is -0.309 e. The summed E-state index contributed by atoms with van der Waals surface area (Å²) in [6.07, 6.45) is 63.7. The van der Waals surface area contributed by atoms with E-state index in [1.54, 1.807) is 0 Å². The highest BCUT2D eigenvalue weighted by atomic mass is 15.0. The molecule has 0 aliphatic heterocycles. The van der Waals surface area contributed by atoms with E-state index in [0.717, 1.165) is 18.8 Å². The van der Waals surface area contributed by atoms with Gasteiger partial charge in [0, 0.05) is 0 Å². The van der Waals surface area contributed by atoms with Crippen molar-refractivity contribution in [3.8, 4) is 0 Å². The molecule has 1 saturated carbocycles. The molecular weight excluding hydrogens is 579 g/mol. The van der Waals surface area contributed by atoms with Crippen LogP contribution in [-0.4, -0.2) is 25.5 Å². The number of rotatable bonds is 35. The lowest BCUT2D eigenvalue weighted by atomic mass is 9.75. The van der Waals surface area contributed by atoms with Gasteiger partial charge in [0.15, 0.2) is 0 Å². The molecule has 1 nitrogen and oxygen atoms in total. The summed E-state index contributed by atoms with van der Waals surface area (Å²) in [6, 6.07) is 0. The summed E-state index contributed by atoms with van der Waals surface area (Å²) < 4.78 is 0. The first-order valence-electron chi connectivity index (χ1n) is 21.9. The molecule has 1 heteroatoms. The number of allylic oxidation sites excluding steroid dienone is 8. The standard InChI is InChI=1S/C47H87N/c1-5-7-9-11-13-15-17-19-21-23-25-27-29-31-33-35-37-41-47(43-39-46(45-47)40-44-48(3)4)42-38-36-34-32-30-28-26-24-22-20-18-16-14-12-10-8-6-2/h13-16,19-22,46H,5-12,17-18,23-45H2,1-4H3/b15-13-,16-14-,21-19-,22-20-. The van der Waals surface area contributed by atoms with E-state index < -0.39 is 0 Å². The van der Waals surface area contributed by atoms with Crippen molar-refractivity contribution in [3.05, 3.63) is 48.6 Å². The average Bonchev–Trinajstić information content (AvgIpc) is 3.49. The van der Waals surface area contributed by atoms with E-state index in [9.17, 15) is 0 Å². The molecule has 0 spiro atoms. The molecule has 0 bridgehead atoms. The quantitative estimate of drug-likeness (QED) is 0.0481. The lowest BCUT2D eigenvalue weighted by Crippen LogP contribution is -2.19. The summed E-state index contributed by atoms with van der Waals surface area (Å²) in [5.41, 5.74) is 0.686. The normalized spacial score (nSPS) is 16.7. The first-order valence-corrected chi connectivity index (χ1v) is 21.9. The molecule has 1 aliphatic carbocycles. The lowest BCUT2D eigenvalue weighted by Gasteiger charge is -2.30. The van der Waals surface area contributed by atoms with E-state index in [4.69, 9.17) is 0 Å². The Morgan fingerprint density at radius 3 is 1.25 bits per heavy atom. The van der Waals surface area contributed by atoms with Crippen molar-refractivity contribution in [2.45, 2.75) is 219 Å². The van der Waals surface area contributed by atoms with Gasteiger partial charge in [-0.05, 0) is 135 Å². The third-order valence-corrected chi connectivity index (χ3v) is 11.1. The van der Waals surface area contributed by atoms with E-state index in [2.05, 4.69) is 81.5 Å². The zero-order valence-electron chi connectivity index (χ0n) is 33.5. The Bertz CT molecular complexity index is 720. The van der Waals surface area contributed by atoms with Gasteiger partial charge in [-0.1, -0.05) is 165 Å². The molecule has 0 heterocycles. The molecule has 1 rings (SSSR count). The zero-order valence-corrected chi connectivity index (χ0v) is 33.5. The molecule has 1 fully saturated rings. The van der Waals surface area contributed by atoms with Crippen LogP contribution in [0.2, 0.25) is 0 Å². The molecule has 1 unspecified atom stereocenters. The molecule has 0 amide bonds. The van der Waals surface area contributed by atoms with Gasteiger partial charge in [0.05, 0.1) is 0 Å². The fourth-order valence-corrected chi connectivity index (χ4v) is 7.92. The van der Waals surface area contributed by atoms with Crippen LogP contribution in [-0.2, 0) is 0 Å². The highest BCUT2D eigenvalue weighted by Crippen LogP contribution is 2.50. The molecule has 0 radical (unpaired) electrons. The highest BCUT2D eigenvalue weighted by molar-refractivity contribution is 4.94. The van der Waals surface area contributed by atoms with Gasteiger partial charge < -0.3 is 4.90 Å². The van der Waals surface area contributed by atoms with Gasteiger partial charge in [-0.2, -0.15) is 0 Å². The minimum absolute atomic E-state index is 0.686. The SMILES string of the molecule is CCCCC/C=C\C/C=C\CCCCCCCCCC1(CCCCCCCCC/C=C\C/C=C\CCCCC)CCC(CCN(C)C)C1. The molecule has 0 aromatic carbocycles. The second kappa shape index (κ2) is 34.4. The molecule has 1 atom stereocenters. The van der Waals surface area contributed by atoms with Gasteiger partial charge in [0.1, 0.15) is 0 Å². The van der Waals surface area contributed by atoms with Crippen LogP contribution in [0.4, 0.5) is 0 Å². The predicted octanol–water partition coefficient (Wildman–Crippen LogP) is 15.9. The van der Waals surface area contributed by atoms with Crippen molar-refractivity contribution in [1.82, 2.24) is 4.90 Å². The van der Waals surface area contributed by atoms with Gasteiger partial charge >= 0.3 is 0 Å². The van der Waals surface area contributed by atoms with Gasteiger partial charge in [-0.15, -0.1) is 0 Å². The van der Waals surface area contributed by atoms with Crippen LogP contribution in [0.3, 0.4) is 0 Å². The van der Waals surface area contributed by atoms with Crippen LogP contribution in [0.5, 0.6) is 0 Å². The molecule has 0 saturated heterocycles. The molecule has 1 aliphatic rings. The van der Waals surface area contributed by atoms with Crippen LogP contribution in [0.15, 0.2) is 48.6 Å². The summed E-state index contributed by atoms with van der Waals surface area (Å²) in [6.45, 7) is 5.84. The highest BCUT2D eigenvalue weighted by Gasteiger charge is 2.37. The minimum atomic E-state index is 0.686. The maximum atomic E-state index is 2.42. The topological polar surface area (TPSA) is 3.24 Å². The van der Waals surface area contributed by atoms with Crippen LogP contribution in [0.25, 0.3) is 0 Å². The zero-order chi connectivity index (χ0) is 34.6. The van der Waals surface area contributed by atoms with Gasteiger partial charge in [-0.25, -0.2) is 0 Å². The smallest absolute Gasteiger partial charge is 0.00222 e. The summed E-state index contributed by atoms with van der Waals surface area (Å²) in [5, 5.41) is 0. The van der Waals surface area contributed by atoms with Crippen molar-refractivity contribution in [1.29, 1.82) is 0 Å². The largest absolute Gasteiger partial charge is 0.309 e. The second-order valence-corrected chi connectivity index (χ2v) is 16.1. The lowest BCUT2D eigenvalue weighted by molar-refractivity contribution is 0.215. The Labute approximate surface area is 304 Å². The average molecular weight is 666 g/mol. The predicted molar refractivity (Wildman–Crippen MR) is 220 cm³/mol. The molecule has 0 N–H and O–H groups in total. The fraction of sp³-hybridized carbons (Fsp3) is 0.830. The van der Waals surface area contributed by atoms with Gasteiger partial charge in [0.2, 0.25) is 0 Å². The van der Waals surface area contributed by atoms with Crippen LogP contribution in [0.1, 0.15) is 219 Å². The van der Waals surface area contributed by atoms with Gasteiger partial charge in [0.25, 0.3) is 0 Å². The Hall–Kier alpha value is -1.08. The van der Waals surface area contributed by atoms with E-state index in [1.165, 1.54) is 199 Å². The first-order chi connectivity index (χ1) is 23.6. The Kier molecular flexibility index (Phi) is 32.2. The van der Waals surface area contributed by atoms with Crippen molar-refractivity contribution < 1.29 is 0 Å². The molecule has 0 aromatic heterocycles. The van der Waals surface area contributed by atoms with E-state index in [0.29, 0.717) is 5.41 Å². The Morgan fingerprint density at radius 2 is 0.854 bits per heavy atom. The Morgan fingerprint density at radius 1 is 0.479 bits per heavy atom. The second-order valence-electron chi connectivity index (χ2n) is 16.1. The molecule has 48 heavy (non-hydrogen) atoms. The Balaban J connectivity index is 2.13. The molecule has 0 aromatic rings. The van der Waals surface area contributed by atoms with Gasteiger partial charge in [-0.3, -0.25) is 0 Å². The number of hydrogen-bond donors (Lipinski definition) is 0. The maximum absolute atomic E-state index is 2.42. The fourth-order valence-electron chi connectivity index (χ4n) is 7.92. The van der Waals surface area contributed by atoms with Crippen molar-refractivity contribution in [2.24, 2.45) is 11.3 Å². The number of nitrogens with zero attached hydrogens (tertiary/aromatic N) is 1. The summed E-state index contributed by atoms with van der Waals surface area (Å²) >= 11 is 0. The maximum Gasteiger partial charge on any atom is -0.00222 e. The van der Waals surface area contributed by atoms with Crippen LogP contribution < -0.4 is 0 Å². The van der Waals surface area contributed by atoms with E-state index >= 15 is 0 Å². The van der Waals surface area contributed by atoms with Crippen molar-refractivity contribution in [2.75, 3.05) is 20.6 Å². The first kappa shape index (κ1) is 44.9. The molecule has 280 valence electrons. The van der Waals surface area contributed by atoms with E-state index in [-0.39, 0.29) is 0 Å². The number of hydrogen-bond acceptors (Lipinski definition) is 1. The third-order valence-electron chi connectivity index (χ3n) is 11.1. The van der Waals surface area contributed by atoms with Crippen LogP contribution >= 0.6 is 0 Å². The summed E-state index contributed by atoms with van der Waals surface area (Å²) in [7, 11) is 4.50. The third kappa shape index (κ3) is 28.7. The van der Waals surface area contributed by atoms with Crippen LogP contribution in [0, 0.1) is 11.3 Å². The number of unbranched alkanes of at least 4 members (excludes halogenated alkanes) is 20. The monoisotopic (exact) mass is 666 g/mol. The summed E-state index contributed by atoms with van der Waals surface area (Å²) in [5.74, 6) is 0.985. The molecular formula is C47H87N. The van der Waals surface area contributed by atoms with Crippen molar-refractivity contribution in [3.63, 3.8) is 0 Å². The summed E-state index contributed by atoms with van der Waals surface area (Å²) in [4.78, 5) is 2.40. The van der Waals surface area contributed by atoms with Crippen molar-refractivity contribution >= 4 is 0 Å². The van der Waals surface area contributed by atoms with E-state index in [1.807, 2.05) is 0 Å².